The smallest absolute Gasteiger partial charge is 0.260 e. The summed E-state index contributed by atoms with van der Waals surface area (Å²) >= 11 is 0. The second-order valence-corrected chi connectivity index (χ2v) is 6.06. The minimum atomic E-state index is -0.0857. The molecule has 3 rings (SSSR count). The highest BCUT2D eigenvalue weighted by atomic mass is 16.5. The summed E-state index contributed by atoms with van der Waals surface area (Å²) < 4.78 is 5.57. The van der Waals surface area contributed by atoms with E-state index in [1.165, 1.54) is 11.1 Å². The standard InChI is InChI=1S/C20H21NO3/c1-21(18-11-6-9-15-7-2-4-10-17(15)18)20(23)14-24-19-12-5-3-8-16(19)13-22/h2-5,7-8,10,12-13,18H,6,9,11,14H2,1H3. The third kappa shape index (κ3) is 3.32. The predicted molar refractivity (Wildman–Crippen MR) is 92.2 cm³/mol. The number of hydrogen-bond donors (Lipinski definition) is 0. The Morgan fingerprint density at radius 1 is 1.21 bits per heavy atom. The molecule has 0 spiro atoms. The summed E-state index contributed by atoms with van der Waals surface area (Å²) in [5, 5.41) is 0. The highest BCUT2D eigenvalue weighted by Crippen LogP contribution is 2.33. The molecule has 2 aromatic rings. The number of amides is 1. The molecule has 2 aromatic carbocycles. The number of nitrogens with zero attached hydrogens (tertiary/aromatic N) is 1. The van der Waals surface area contributed by atoms with Gasteiger partial charge in [-0.1, -0.05) is 36.4 Å². The Hall–Kier alpha value is -2.62. The second kappa shape index (κ2) is 7.30. The summed E-state index contributed by atoms with van der Waals surface area (Å²) in [6.07, 6.45) is 3.84. The molecular formula is C20H21NO3. The lowest BCUT2D eigenvalue weighted by molar-refractivity contribution is -0.134. The third-order valence-corrected chi connectivity index (χ3v) is 4.60. The molecular weight excluding hydrogens is 302 g/mol. The van der Waals surface area contributed by atoms with Crippen LogP contribution in [0.4, 0.5) is 0 Å². The van der Waals surface area contributed by atoms with Gasteiger partial charge < -0.3 is 9.64 Å². The molecule has 0 saturated heterocycles. The third-order valence-electron chi connectivity index (χ3n) is 4.60. The molecule has 0 aromatic heterocycles. The second-order valence-electron chi connectivity index (χ2n) is 6.06. The summed E-state index contributed by atoms with van der Waals surface area (Å²) in [5.74, 6) is 0.357. The number of benzene rings is 2. The Morgan fingerprint density at radius 3 is 2.79 bits per heavy atom. The maximum atomic E-state index is 12.5. The summed E-state index contributed by atoms with van der Waals surface area (Å²) in [7, 11) is 1.82. The quantitative estimate of drug-likeness (QED) is 0.792. The van der Waals surface area contributed by atoms with Gasteiger partial charge >= 0.3 is 0 Å². The first-order valence-electron chi connectivity index (χ1n) is 8.21. The van der Waals surface area contributed by atoms with E-state index in [0.29, 0.717) is 11.3 Å². The van der Waals surface area contributed by atoms with Gasteiger partial charge in [0, 0.05) is 7.05 Å². The minimum absolute atomic E-state index is 0.0694. The fourth-order valence-electron chi connectivity index (χ4n) is 3.26. The largest absolute Gasteiger partial charge is 0.483 e. The Morgan fingerprint density at radius 2 is 1.96 bits per heavy atom. The van der Waals surface area contributed by atoms with Crippen LogP contribution in [-0.2, 0) is 11.2 Å². The summed E-state index contributed by atoms with van der Waals surface area (Å²) in [4.78, 5) is 25.3. The van der Waals surface area contributed by atoms with Gasteiger partial charge in [0.05, 0.1) is 11.6 Å². The SMILES string of the molecule is CN(C(=O)COc1ccccc1C=O)C1CCCc2ccccc21. The van der Waals surface area contributed by atoms with Crippen LogP contribution in [0.2, 0.25) is 0 Å². The number of fused-ring (bicyclic) bond motifs is 1. The van der Waals surface area contributed by atoms with Crippen LogP contribution in [0.15, 0.2) is 48.5 Å². The highest BCUT2D eigenvalue weighted by Gasteiger charge is 2.26. The molecule has 0 fully saturated rings. The monoisotopic (exact) mass is 323 g/mol. The van der Waals surface area contributed by atoms with Crippen LogP contribution < -0.4 is 4.74 Å². The molecule has 1 amide bonds. The molecule has 124 valence electrons. The lowest BCUT2D eigenvalue weighted by Crippen LogP contribution is -2.36. The molecule has 4 nitrogen and oxygen atoms in total. The number of ether oxygens (including phenoxy) is 1. The predicted octanol–water partition coefficient (Wildman–Crippen LogP) is 3.41. The molecule has 1 aliphatic carbocycles. The van der Waals surface area contributed by atoms with Crippen molar-refractivity contribution in [1.82, 2.24) is 4.90 Å². The summed E-state index contributed by atoms with van der Waals surface area (Å²) in [6.45, 7) is -0.0694. The molecule has 0 bridgehead atoms. The van der Waals surface area contributed by atoms with E-state index in [1.54, 1.807) is 29.2 Å². The van der Waals surface area contributed by atoms with E-state index in [2.05, 4.69) is 12.1 Å². The van der Waals surface area contributed by atoms with Crippen LogP contribution in [0, 0.1) is 0 Å². The number of aryl methyl sites for hydroxylation is 1. The van der Waals surface area contributed by atoms with E-state index in [4.69, 9.17) is 4.74 Å². The molecule has 24 heavy (non-hydrogen) atoms. The number of rotatable bonds is 5. The Kier molecular flexibility index (Phi) is 4.94. The van der Waals surface area contributed by atoms with Gasteiger partial charge in [-0.2, -0.15) is 0 Å². The van der Waals surface area contributed by atoms with Crippen molar-refractivity contribution in [3.05, 3.63) is 65.2 Å². The van der Waals surface area contributed by atoms with E-state index in [9.17, 15) is 9.59 Å². The molecule has 0 radical (unpaired) electrons. The zero-order valence-electron chi connectivity index (χ0n) is 13.8. The molecule has 1 aliphatic rings. The fraction of sp³-hybridized carbons (Fsp3) is 0.300. The molecule has 0 aliphatic heterocycles. The Balaban J connectivity index is 1.69. The number of hydrogen-bond acceptors (Lipinski definition) is 3. The topological polar surface area (TPSA) is 46.6 Å². The van der Waals surface area contributed by atoms with Gasteiger partial charge in [0.15, 0.2) is 12.9 Å². The van der Waals surface area contributed by atoms with Crippen molar-refractivity contribution in [2.75, 3.05) is 13.7 Å². The average molecular weight is 323 g/mol. The van der Waals surface area contributed by atoms with Gasteiger partial charge in [0.1, 0.15) is 5.75 Å². The molecule has 1 atom stereocenters. The summed E-state index contributed by atoms with van der Waals surface area (Å²) in [6, 6.07) is 15.3. The van der Waals surface area contributed by atoms with E-state index in [-0.39, 0.29) is 18.6 Å². The van der Waals surface area contributed by atoms with E-state index in [0.717, 1.165) is 25.5 Å². The zero-order chi connectivity index (χ0) is 16.9. The molecule has 4 heteroatoms. The summed E-state index contributed by atoms with van der Waals surface area (Å²) in [5.41, 5.74) is 3.00. The first-order valence-corrected chi connectivity index (χ1v) is 8.21. The number of carbonyl (C=O) groups excluding carboxylic acids is 2. The van der Waals surface area contributed by atoms with Crippen molar-refractivity contribution in [2.24, 2.45) is 0 Å². The van der Waals surface area contributed by atoms with Gasteiger partial charge in [0.25, 0.3) is 5.91 Å². The molecule has 0 heterocycles. The minimum Gasteiger partial charge on any atom is -0.483 e. The number of para-hydroxylation sites is 1. The fourth-order valence-corrected chi connectivity index (χ4v) is 3.26. The highest BCUT2D eigenvalue weighted by molar-refractivity contribution is 5.81. The number of likely N-dealkylation sites (N-methyl/N-ethyl adjacent to an activating group) is 1. The van der Waals surface area contributed by atoms with Gasteiger partial charge in [0.2, 0.25) is 0 Å². The van der Waals surface area contributed by atoms with Crippen molar-refractivity contribution >= 4 is 12.2 Å². The van der Waals surface area contributed by atoms with Crippen LogP contribution in [0.3, 0.4) is 0 Å². The van der Waals surface area contributed by atoms with Gasteiger partial charge in [-0.3, -0.25) is 9.59 Å². The Bertz CT molecular complexity index is 741. The van der Waals surface area contributed by atoms with Crippen molar-refractivity contribution in [3.8, 4) is 5.75 Å². The lowest BCUT2D eigenvalue weighted by atomic mass is 9.87. The maximum absolute atomic E-state index is 12.5. The van der Waals surface area contributed by atoms with Crippen molar-refractivity contribution < 1.29 is 14.3 Å². The number of aldehydes is 1. The zero-order valence-corrected chi connectivity index (χ0v) is 13.8. The van der Waals surface area contributed by atoms with Crippen molar-refractivity contribution in [2.45, 2.75) is 25.3 Å². The normalized spacial score (nSPS) is 16.1. The maximum Gasteiger partial charge on any atom is 0.260 e. The average Bonchev–Trinajstić information content (AvgIpc) is 2.65. The Labute approximate surface area is 142 Å². The van der Waals surface area contributed by atoms with Crippen LogP contribution in [0.25, 0.3) is 0 Å². The van der Waals surface area contributed by atoms with Crippen LogP contribution in [0.5, 0.6) is 5.75 Å². The van der Waals surface area contributed by atoms with Gasteiger partial charge in [-0.05, 0) is 42.5 Å². The van der Waals surface area contributed by atoms with Gasteiger partial charge in [-0.25, -0.2) is 0 Å². The van der Waals surface area contributed by atoms with E-state index >= 15 is 0 Å². The van der Waals surface area contributed by atoms with Crippen molar-refractivity contribution in [3.63, 3.8) is 0 Å². The van der Waals surface area contributed by atoms with Crippen LogP contribution in [0.1, 0.15) is 40.4 Å². The van der Waals surface area contributed by atoms with Crippen molar-refractivity contribution in [1.29, 1.82) is 0 Å². The van der Waals surface area contributed by atoms with Crippen LogP contribution >= 0.6 is 0 Å². The molecule has 1 unspecified atom stereocenters. The van der Waals surface area contributed by atoms with E-state index < -0.39 is 0 Å². The first kappa shape index (κ1) is 16.2. The lowest BCUT2D eigenvalue weighted by Gasteiger charge is -2.33. The molecule has 0 saturated carbocycles. The number of carbonyl (C=O) groups is 2. The first-order chi connectivity index (χ1) is 11.7. The molecule has 0 N–H and O–H groups in total. The van der Waals surface area contributed by atoms with Crippen LogP contribution in [-0.4, -0.2) is 30.7 Å². The van der Waals surface area contributed by atoms with Gasteiger partial charge in [-0.15, -0.1) is 0 Å². The van der Waals surface area contributed by atoms with E-state index in [1.807, 2.05) is 19.2 Å².